The highest BCUT2D eigenvalue weighted by Crippen LogP contribution is 2.44. The van der Waals surface area contributed by atoms with Gasteiger partial charge >= 0.3 is 12.1 Å². The summed E-state index contributed by atoms with van der Waals surface area (Å²) in [6, 6.07) is 5.81. The Bertz CT molecular complexity index is 940. The Labute approximate surface area is 211 Å². The molecule has 2 N–H and O–H groups in total. The zero-order valence-corrected chi connectivity index (χ0v) is 21.1. The fourth-order valence-corrected chi connectivity index (χ4v) is 5.61. The number of amides is 2. The number of hydrogen-bond acceptors (Lipinski definition) is 6. The van der Waals surface area contributed by atoms with E-state index < -0.39 is 17.6 Å². The molecule has 198 valence electrons. The van der Waals surface area contributed by atoms with Crippen LogP contribution in [-0.4, -0.2) is 90.8 Å². The second-order valence-corrected chi connectivity index (χ2v) is 10.6. The number of ether oxygens (including phenoxy) is 1. The van der Waals surface area contributed by atoms with Crippen LogP contribution >= 0.6 is 0 Å². The number of nitrogens with one attached hydrogen (secondary N) is 1. The first-order chi connectivity index (χ1) is 17.2. The molecule has 1 aromatic carbocycles. The van der Waals surface area contributed by atoms with E-state index >= 15 is 0 Å². The first-order valence-corrected chi connectivity index (χ1v) is 12.9. The molecule has 0 aromatic heterocycles. The van der Waals surface area contributed by atoms with Gasteiger partial charge in [-0.05, 0) is 49.4 Å². The molecule has 3 heterocycles. The summed E-state index contributed by atoms with van der Waals surface area (Å²) in [6.45, 7) is 8.89. The Balaban J connectivity index is 1.22. The predicted octanol–water partition coefficient (Wildman–Crippen LogP) is 2.55. The number of anilines is 1. The lowest BCUT2D eigenvalue weighted by atomic mass is 9.75. The molecule has 9 nitrogen and oxygen atoms in total. The van der Waals surface area contributed by atoms with Crippen molar-refractivity contribution < 1.29 is 28.6 Å². The number of piperidine rings is 1. The number of likely N-dealkylation sites (tertiary alicyclic amines) is 1. The number of rotatable bonds is 7. The molecule has 3 saturated heterocycles. The van der Waals surface area contributed by atoms with E-state index in [2.05, 4.69) is 15.1 Å². The summed E-state index contributed by atoms with van der Waals surface area (Å²) in [4.78, 5) is 43.1. The molecule has 0 bridgehead atoms. The number of piperazine rings is 1. The molecule has 0 saturated carbocycles. The predicted molar refractivity (Wildman–Crippen MR) is 132 cm³/mol. The lowest BCUT2D eigenvalue weighted by molar-refractivity contribution is -0.153. The van der Waals surface area contributed by atoms with E-state index in [1.54, 1.807) is 4.90 Å². The number of cyclic esters (lactones) is 1. The van der Waals surface area contributed by atoms with Crippen LogP contribution in [0.25, 0.3) is 0 Å². The summed E-state index contributed by atoms with van der Waals surface area (Å²) in [6.07, 6.45) is 1.21. The van der Waals surface area contributed by atoms with Crippen LogP contribution in [0.4, 0.5) is 14.9 Å². The third-order valence-corrected chi connectivity index (χ3v) is 7.90. The van der Waals surface area contributed by atoms with Crippen molar-refractivity contribution >= 4 is 23.7 Å². The highest BCUT2D eigenvalue weighted by molar-refractivity contribution is 5.86. The van der Waals surface area contributed by atoms with Gasteiger partial charge in [-0.1, -0.05) is 13.8 Å². The lowest BCUT2D eigenvalue weighted by Gasteiger charge is -2.38. The van der Waals surface area contributed by atoms with Gasteiger partial charge in [0.1, 0.15) is 18.0 Å². The molecule has 3 aliphatic heterocycles. The molecule has 36 heavy (non-hydrogen) atoms. The number of hydrogen-bond donors (Lipinski definition) is 2. The van der Waals surface area contributed by atoms with E-state index in [9.17, 15) is 18.8 Å². The molecule has 2 amide bonds. The van der Waals surface area contributed by atoms with E-state index in [1.807, 2.05) is 26.0 Å². The van der Waals surface area contributed by atoms with Crippen molar-refractivity contribution in [3.05, 3.63) is 30.1 Å². The van der Waals surface area contributed by atoms with Crippen molar-refractivity contribution in [2.75, 3.05) is 50.7 Å². The van der Waals surface area contributed by atoms with Crippen LogP contribution in [0, 0.1) is 17.2 Å². The van der Waals surface area contributed by atoms with Gasteiger partial charge in [0.05, 0.1) is 5.41 Å². The van der Waals surface area contributed by atoms with Gasteiger partial charge in [-0.2, -0.15) is 0 Å². The second-order valence-electron chi connectivity index (χ2n) is 10.6. The first kappa shape index (κ1) is 26.2. The smallest absolute Gasteiger partial charge is 0.405 e. The van der Waals surface area contributed by atoms with Crippen molar-refractivity contribution in [3.8, 4) is 0 Å². The minimum absolute atomic E-state index is 0.119. The van der Waals surface area contributed by atoms with Crippen LogP contribution in [0.5, 0.6) is 0 Å². The highest BCUT2D eigenvalue weighted by Gasteiger charge is 2.51. The zero-order valence-electron chi connectivity index (χ0n) is 21.1. The van der Waals surface area contributed by atoms with Crippen molar-refractivity contribution in [3.63, 3.8) is 0 Å². The number of carbonyl (C=O) groups excluding carboxylic acids is 2. The number of esters is 1. The molecular formula is C26H37FN4O5. The highest BCUT2D eigenvalue weighted by atomic mass is 19.1. The largest absolute Gasteiger partial charge is 0.465 e. The van der Waals surface area contributed by atoms with Gasteiger partial charge in [-0.15, -0.1) is 0 Å². The van der Waals surface area contributed by atoms with Gasteiger partial charge in [0, 0.05) is 57.9 Å². The van der Waals surface area contributed by atoms with E-state index in [0.29, 0.717) is 32.4 Å². The second kappa shape index (κ2) is 11.0. The number of nitrogens with zero attached hydrogens (tertiary/aromatic N) is 3. The number of carboxylic acid groups (broad SMARTS) is 1. The summed E-state index contributed by atoms with van der Waals surface area (Å²) in [5, 5.41) is 11.4. The van der Waals surface area contributed by atoms with Crippen molar-refractivity contribution in [2.45, 2.75) is 51.7 Å². The third-order valence-electron chi connectivity index (χ3n) is 7.90. The molecule has 4 rings (SSSR count). The van der Waals surface area contributed by atoms with Crippen molar-refractivity contribution in [1.82, 2.24) is 15.1 Å². The van der Waals surface area contributed by atoms with Crippen molar-refractivity contribution in [2.24, 2.45) is 11.3 Å². The maximum atomic E-state index is 13.2. The lowest BCUT2D eigenvalue weighted by Crippen LogP contribution is -2.54. The average molecular weight is 505 g/mol. The van der Waals surface area contributed by atoms with Gasteiger partial charge < -0.3 is 25.0 Å². The third kappa shape index (κ3) is 5.91. The van der Waals surface area contributed by atoms with Crippen LogP contribution in [0.2, 0.25) is 0 Å². The van der Waals surface area contributed by atoms with Gasteiger partial charge in [-0.25, -0.2) is 9.18 Å². The summed E-state index contributed by atoms with van der Waals surface area (Å²) in [5.41, 5.74) is 0.488. The van der Waals surface area contributed by atoms with Crippen LogP contribution < -0.4 is 10.2 Å². The average Bonchev–Trinajstić information content (AvgIpc) is 3.16. The molecule has 0 radical (unpaired) electrons. The van der Waals surface area contributed by atoms with Crippen LogP contribution in [0.3, 0.4) is 0 Å². The molecule has 10 heteroatoms. The molecule has 0 aliphatic carbocycles. The normalized spacial score (nSPS) is 23.1. The molecule has 2 atom stereocenters. The Kier molecular flexibility index (Phi) is 8.02. The maximum absolute atomic E-state index is 13.2. The number of halogens is 1. The quantitative estimate of drug-likeness (QED) is 0.550. The van der Waals surface area contributed by atoms with Crippen LogP contribution in [0.1, 0.15) is 39.5 Å². The van der Waals surface area contributed by atoms with Crippen LogP contribution in [-0.2, 0) is 14.3 Å². The molecular weight excluding hydrogens is 467 g/mol. The van der Waals surface area contributed by atoms with Crippen LogP contribution in [0.15, 0.2) is 24.3 Å². The van der Waals surface area contributed by atoms with Gasteiger partial charge in [0.25, 0.3) is 0 Å². The summed E-state index contributed by atoms with van der Waals surface area (Å²) in [7, 11) is 0. The zero-order chi connectivity index (χ0) is 25.9. The molecule has 1 spiro atoms. The van der Waals surface area contributed by atoms with Crippen molar-refractivity contribution in [1.29, 1.82) is 0 Å². The standard InChI is InChI=1S/C26H37FN4O5/c1-18(2)22(28-25(34)35)23(32)31-11-8-26(9-12-31)17-21(36-24(26)33)7-10-29-13-15-30(16-14-29)20-5-3-19(27)4-6-20/h3-6,18,21-22,28H,7-17H2,1-2H3,(H,34,35)/t21-,22?/m0/s1. The molecule has 1 aromatic rings. The Hall–Kier alpha value is -2.88. The number of carbonyl (C=O) groups is 3. The minimum Gasteiger partial charge on any atom is -0.465 e. The SMILES string of the molecule is CC(C)C(NC(=O)O)C(=O)N1CCC2(CC1)C[C@H](CCN1CCN(c3ccc(F)cc3)CC1)OC2=O. The van der Waals surface area contributed by atoms with Gasteiger partial charge in [-0.3, -0.25) is 14.5 Å². The van der Waals surface area contributed by atoms with E-state index in [-0.39, 0.29) is 29.7 Å². The Morgan fingerprint density at radius 3 is 2.33 bits per heavy atom. The van der Waals surface area contributed by atoms with Gasteiger partial charge in [0.2, 0.25) is 5.91 Å². The Morgan fingerprint density at radius 2 is 1.75 bits per heavy atom. The summed E-state index contributed by atoms with van der Waals surface area (Å²) < 4.78 is 19.0. The van der Waals surface area contributed by atoms with E-state index in [1.165, 1.54) is 12.1 Å². The van der Waals surface area contributed by atoms with Gasteiger partial charge in [0.15, 0.2) is 0 Å². The Morgan fingerprint density at radius 1 is 1.11 bits per heavy atom. The molecule has 1 unspecified atom stereocenters. The maximum Gasteiger partial charge on any atom is 0.405 e. The number of benzene rings is 1. The topological polar surface area (TPSA) is 102 Å². The monoisotopic (exact) mass is 504 g/mol. The first-order valence-electron chi connectivity index (χ1n) is 12.9. The van der Waals surface area contributed by atoms with E-state index in [0.717, 1.165) is 44.8 Å². The van der Waals surface area contributed by atoms with E-state index in [4.69, 9.17) is 9.84 Å². The molecule has 3 aliphatic rings. The minimum atomic E-state index is -1.21. The summed E-state index contributed by atoms with van der Waals surface area (Å²) in [5.74, 6) is -0.786. The summed E-state index contributed by atoms with van der Waals surface area (Å²) >= 11 is 0. The fraction of sp³-hybridized carbons (Fsp3) is 0.654. The molecule has 3 fully saturated rings. The fourth-order valence-electron chi connectivity index (χ4n) is 5.61.